The molecule has 2 rings (SSSR count). The molecular formula is C7H10N2O. The lowest BCUT2D eigenvalue weighted by Crippen LogP contribution is -2.52. The molecule has 0 radical (unpaired) electrons. The van der Waals surface area contributed by atoms with E-state index in [0.717, 1.165) is 6.42 Å². The molecule has 0 saturated carbocycles. The summed E-state index contributed by atoms with van der Waals surface area (Å²) in [5.74, 6) is 0.256. The van der Waals surface area contributed by atoms with Gasteiger partial charge in [-0.1, -0.05) is 12.2 Å². The van der Waals surface area contributed by atoms with Crippen LogP contribution < -0.4 is 10.6 Å². The molecule has 0 aromatic heterocycles. The molecule has 0 spiro atoms. The van der Waals surface area contributed by atoms with E-state index in [9.17, 15) is 4.79 Å². The van der Waals surface area contributed by atoms with E-state index < -0.39 is 0 Å². The average Bonchev–Trinajstić information content (AvgIpc) is 2.36. The second-order valence-corrected chi connectivity index (χ2v) is 2.72. The predicted octanol–water partition coefficient (Wildman–Crippen LogP) is -0.392. The van der Waals surface area contributed by atoms with Gasteiger partial charge in [0.1, 0.15) is 0 Å². The minimum atomic E-state index is 0.0914. The number of rotatable bonds is 0. The van der Waals surface area contributed by atoms with E-state index in [1.54, 1.807) is 0 Å². The Balaban J connectivity index is 2.16. The van der Waals surface area contributed by atoms with Gasteiger partial charge in [0.15, 0.2) is 0 Å². The Labute approximate surface area is 59.5 Å². The highest BCUT2D eigenvalue weighted by Crippen LogP contribution is 2.19. The Bertz CT molecular complexity index is 188. The number of nitrogens with one attached hydrogen (secondary N) is 2. The largest absolute Gasteiger partial charge is 0.343 e. The van der Waals surface area contributed by atoms with Crippen LogP contribution in [0.25, 0.3) is 0 Å². The maximum Gasteiger partial charge on any atom is 0.229 e. The molecule has 0 aromatic carbocycles. The first-order valence-corrected chi connectivity index (χ1v) is 3.56. The second-order valence-electron chi connectivity index (χ2n) is 2.72. The maximum absolute atomic E-state index is 11.1. The van der Waals surface area contributed by atoms with Crippen LogP contribution in [0.4, 0.5) is 0 Å². The minimum absolute atomic E-state index is 0.0914. The summed E-state index contributed by atoms with van der Waals surface area (Å²) in [6.07, 6.45) is 5.04. The van der Waals surface area contributed by atoms with Crippen molar-refractivity contribution in [2.75, 3.05) is 6.67 Å². The highest BCUT2D eigenvalue weighted by atomic mass is 16.2. The molecule has 0 bridgehead atoms. The van der Waals surface area contributed by atoms with Crippen molar-refractivity contribution in [1.29, 1.82) is 0 Å². The van der Waals surface area contributed by atoms with E-state index in [1.165, 1.54) is 0 Å². The van der Waals surface area contributed by atoms with Gasteiger partial charge in [0.05, 0.1) is 12.6 Å². The average molecular weight is 138 g/mol. The zero-order valence-electron chi connectivity index (χ0n) is 5.63. The molecular weight excluding hydrogens is 128 g/mol. The Morgan fingerprint density at radius 1 is 1.60 bits per heavy atom. The van der Waals surface area contributed by atoms with Crippen LogP contribution in [0.1, 0.15) is 6.42 Å². The monoisotopic (exact) mass is 138 g/mol. The molecule has 3 nitrogen and oxygen atoms in total. The number of carbonyl (C=O) groups excluding carboxylic acids is 1. The molecule has 3 heteroatoms. The Morgan fingerprint density at radius 2 is 2.50 bits per heavy atom. The first kappa shape index (κ1) is 5.92. The Hall–Kier alpha value is -0.830. The Kier molecular flexibility index (Phi) is 1.24. The third-order valence-electron chi connectivity index (χ3n) is 2.10. The van der Waals surface area contributed by atoms with Crippen LogP contribution in [-0.4, -0.2) is 18.6 Å². The van der Waals surface area contributed by atoms with Crippen LogP contribution >= 0.6 is 0 Å². The maximum atomic E-state index is 11.1. The molecule has 0 aromatic rings. The summed E-state index contributed by atoms with van der Waals surface area (Å²) >= 11 is 0. The minimum Gasteiger partial charge on any atom is -0.343 e. The van der Waals surface area contributed by atoms with Crippen molar-refractivity contribution in [1.82, 2.24) is 10.6 Å². The molecule has 1 saturated heterocycles. The standard InChI is InChI=1S/C7H10N2O/c10-7-5-2-1-3-6(5)8-4-9-7/h1-2,5-6,8H,3-4H2,(H,9,10). The molecule has 2 aliphatic rings. The number of carbonyl (C=O) groups is 1. The summed E-state index contributed by atoms with van der Waals surface area (Å²) in [6.45, 7) is 0.627. The first-order chi connectivity index (χ1) is 4.88. The van der Waals surface area contributed by atoms with E-state index in [1.807, 2.05) is 6.08 Å². The third kappa shape index (κ3) is 0.743. The zero-order chi connectivity index (χ0) is 6.97. The number of amides is 1. The van der Waals surface area contributed by atoms with Crippen LogP contribution in [0, 0.1) is 5.92 Å². The third-order valence-corrected chi connectivity index (χ3v) is 2.10. The summed E-state index contributed by atoms with van der Waals surface area (Å²) in [5.41, 5.74) is 0. The summed E-state index contributed by atoms with van der Waals surface area (Å²) in [6, 6.07) is 0.369. The molecule has 2 N–H and O–H groups in total. The smallest absolute Gasteiger partial charge is 0.229 e. The molecule has 1 aliphatic carbocycles. The van der Waals surface area contributed by atoms with Gasteiger partial charge in [0, 0.05) is 6.04 Å². The van der Waals surface area contributed by atoms with Gasteiger partial charge in [-0.05, 0) is 6.42 Å². The molecule has 2 unspecified atom stereocenters. The van der Waals surface area contributed by atoms with E-state index in [0.29, 0.717) is 12.7 Å². The zero-order valence-corrected chi connectivity index (χ0v) is 5.63. The number of hydrogen-bond donors (Lipinski definition) is 2. The van der Waals surface area contributed by atoms with Gasteiger partial charge in [0.2, 0.25) is 5.91 Å². The van der Waals surface area contributed by atoms with Crippen molar-refractivity contribution in [3.05, 3.63) is 12.2 Å². The molecule has 10 heavy (non-hydrogen) atoms. The molecule has 1 fully saturated rings. The molecule has 1 heterocycles. The van der Waals surface area contributed by atoms with Gasteiger partial charge >= 0.3 is 0 Å². The fourth-order valence-electron chi connectivity index (χ4n) is 1.52. The second kappa shape index (κ2) is 2.09. The lowest BCUT2D eigenvalue weighted by atomic mass is 10.0. The van der Waals surface area contributed by atoms with Gasteiger partial charge in [0.25, 0.3) is 0 Å². The van der Waals surface area contributed by atoms with Crippen molar-refractivity contribution < 1.29 is 4.79 Å². The van der Waals surface area contributed by atoms with Crippen molar-refractivity contribution in [3.63, 3.8) is 0 Å². The van der Waals surface area contributed by atoms with Crippen LogP contribution in [0.15, 0.2) is 12.2 Å². The first-order valence-electron chi connectivity index (χ1n) is 3.56. The van der Waals surface area contributed by atoms with Gasteiger partial charge in [-0.2, -0.15) is 0 Å². The number of hydrogen-bond acceptors (Lipinski definition) is 2. The summed E-state index contributed by atoms with van der Waals surface area (Å²) in [5, 5.41) is 5.97. The van der Waals surface area contributed by atoms with E-state index in [2.05, 4.69) is 16.7 Å². The topological polar surface area (TPSA) is 41.1 Å². The van der Waals surface area contributed by atoms with E-state index >= 15 is 0 Å². The normalized spacial score (nSPS) is 37.4. The lowest BCUT2D eigenvalue weighted by molar-refractivity contribution is -0.125. The van der Waals surface area contributed by atoms with Gasteiger partial charge < -0.3 is 5.32 Å². The lowest BCUT2D eigenvalue weighted by Gasteiger charge is -2.25. The van der Waals surface area contributed by atoms with Gasteiger partial charge in [-0.25, -0.2) is 0 Å². The molecule has 2 atom stereocenters. The van der Waals surface area contributed by atoms with Gasteiger partial charge in [-0.15, -0.1) is 0 Å². The fourth-order valence-corrected chi connectivity index (χ4v) is 1.52. The summed E-state index contributed by atoms with van der Waals surface area (Å²) in [4.78, 5) is 11.1. The highest BCUT2D eigenvalue weighted by molar-refractivity contribution is 5.82. The highest BCUT2D eigenvalue weighted by Gasteiger charge is 2.31. The fraction of sp³-hybridized carbons (Fsp3) is 0.571. The summed E-state index contributed by atoms with van der Waals surface area (Å²) < 4.78 is 0. The SMILES string of the molecule is O=C1NCNC2CC=CC12. The molecule has 1 aliphatic heterocycles. The van der Waals surface area contributed by atoms with Crippen LogP contribution in [0.2, 0.25) is 0 Å². The van der Waals surface area contributed by atoms with Crippen LogP contribution in [0.5, 0.6) is 0 Å². The number of fused-ring (bicyclic) bond motifs is 1. The van der Waals surface area contributed by atoms with Gasteiger partial charge in [-0.3, -0.25) is 10.1 Å². The van der Waals surface area contributed by atoms with Crippen molar-refractivity contribution >= 4 is 5.91 Å². The van der Waals surface area contributed by atoms with Crippen molar-refractivity contribution in [3.8, 4) is 0 Å². The predicted molar refractivity (Wildman–Crippen MR) is 37.2 cm³/mol. The van der Waals surface area contributed by atoms with E-state index in [-0.39, 0.29) is 11.8 Å². The summed E-state index contributed by atoms with van der Waals surface area (Å²) in [7, 11) is 0. The van der Waals surface area contributed by atoms with E-state index in [4.69, 9.17) is 0 Å². The quantitative estimate of drug-likeness (QED) is 0.447. The molecule has 1 amide bonds. The van der Waals surface area contributed by atoms with Crippen molar-refractivity contribution in [2.24, 2.45) is 5.92 Å². The van der Waals surface area contributed by atoms with Crippen molar-refractivity contribution in [2.45, 2.75) is 12.5 Å². The van der Waals surface area contributed by atoms with Crippen LogP contribution in [-0.2, 0) is 4.79 Å². The Morgan fingerprint density at radius 3 is 3.30 bits per heavy atom. The molecule has 54 valence electrons. The van der Waals surface area contributed by atoms with Crippen LogP contribution in [0.3, 0.4) is 0 Å².